The van der Waals surface area contributed by atoms with Crippen LogP contribution >= 0.6 is 0 Å². The zero-order valence-electron chi connectivity index (χ0n) is 23.5. The molecule has 2 bridgehead atoms. The van der Waals surface area contributed by atoms with E-state index in [0.29, 0.717) is 5.57 Å². The van der Waals surface area contributed by atoms with Gasteiger partial charge in [-0.1, -0.05) is 57.6 Å². The highest BCUT2D eigenvalue weighted by molar-refractivity contribution is 6.06. The molecule has 1 aromatic carbocycles. The highest BCUT2D eigenvalue weighted by atomic mass is 16.5. The lowest BCUT2D eigenvalue weighted by Crippen LogP contribution is -2.52. The van der Waals surface area contributed by atoms with E-state index in [0.717, 1.165) is 91.1 Å². The first kappa shape index (κ1) is 25.9. The summed E-state index contributed by atoms with van der Waals surface area (Å²) in [5, 5.41) is 10.3. The Morgan fingerprint density at radius 3 is 2.62 bits per heavy atom. The molecule has 40 heavy (non-hydrogen) atoms. The summed E-state index contributed by atoms with van der Waals surface area (Å²) in [6.45, 7) is 2.13. The van der Waals surface area contributed by atoms with Crippen LogP contribution in [0.15, 0.2) is 64.7 Å². The van der Waals surface area contributed by atoms with E-state index < -0.39 is 5.41 Å². The van der Waals surface area contributed by atoms with Crippen molar-refractivity contribution in [1.29, 1.82) is 0 Å². The molecule has 2 heterocycles. The molecule has 1 saturated heterocycles. The van der Waals surface area contributed by atoms with Crippen molar-refractivity contribution >= 4 is 17.5 Å². The number of esters is 2. The topological polar surface area (TPSA) is 72.8 Å². The number of benzene rings is 1. The third kappa shape index (κ3) is 3.87. The van der Waals surface area contributed by atoms with Crippen molar-refractivity contribution in [2.45, 2.75) is 90.4 Å². The van der Waals surface area contributed by atoms with Crippen LogP contribution in [0.1, 0.15) is 96.0 Å². The maximum atomic E-state index is 13.7. The molecule has 0 unspecified atom stereocenters. The van der Waals surface area contributed by atoms with Crippen LogP contribution in [0, 0.1) is 29.1 Å². The summed E-state index contributed by atoms with van der Waals surface area (Å²) in [6, 6.07) is 7.29. The van der Waals surface area contributed by atoms with Crippen molar-refractivity contribution in [3.8, 4) is 5.75 Å². The first-order valence-corrected chi connectivity index (χ1v) is 15.7. The molecule has 2 saturated carbocycles. The number of unbranched alkanes of at least 4 members (excludes halogenated alkanes) is 1. The molecule has 0 radical (unpaired) electrons. The first-order valence-electron chi connectivity index (χ1n) is 15.7. The van der Waals surface area contributed by atoms with Crippen molar-refractivity contribution in [1.82, 2.24) is 0 Å². The number of phenols is 1. The summed E-state index contributed by atoms with van der Waals surface area (Å²) in [5.74, 6) is 2.24. The summed E-state index contributed by atoms with van der Waals surface area (Å²) in [6.07, 6.45) is 18.4. The van der Waals surface area contributed by atoms with Crippen molar-refractivity contribution in [2.24, 2.45) is 29.1 Å². The molecule has 1 N–H and O–H groups in total. The lowest BCUT2D eigenvalue weighted by atomic mass is 9.44. The Morgan fingerprint density at radius 1 is 0.975 bits per heavy atom. The molecule has 5 aliphatic carbocycles. The van der Waals surface area contributed by atoms with Gasteiger partial charge in [-0.25, -0.2) is 9.59 Å². The van der Waals surface area contributed by atoms with Gasteiger partial charge in [-0.2, -0.15) is 0 Å². The molecule has 0 aromatic heterocycles. The molecule has 1 spiro atoms. The van der Waals surface area contributed by atoms with Gasteiger partial charge in [0, 0.05) is 17.1 Å². The van der Waals surface area contributed by atoms with E-state index in [2.05, 4.69) is 19.1 Å². The maximum absolute atomic E-state index is 13.7. The van der Waals surface area contributed by atoms with E-state index in [9.17, 15) is 14.7 Å². The maximum Gasteiger partial charge on any atom is 0.340 e. The fourth-order valence-corrected chi connectivity index (χ4v) is 9.15. The Labute approximate surface area is 237 Å². The number of aromatic hydroxyl groups is 1. The zero-order chi connectivity index (χ0) is 27.4. The minimum atomic E-state index is -0.649. The standard InChI is InChI=1S/C35H40O5/c1-2-3-15-28-35-19-18-24(29(32(35)34(38)40-28)22-12-8-13-23(36)20-22)25-16-17-26-27(39-33(37)30(26)31(25)35)14-7-11-21-9-5-4-6-10-21/h8,12-15,20-21,24-25,31,36H,2-7,9-11,16-19H2,1H3/t24-,25-,31-,35-/m1/s1. The van der Waals surface area contributed by atoms with E-state index in [-0.39, 0.29) is 35.4 Å². The minimum Gasteiger partial charge on any atom is -0.508 e. The third-order valence-corrected chi connectivity index (χ3v) is 10.7. The van der Waals surface area contributed by atoms with Gasteiger partial charge in [0.05, 0.1) is 11.0 Å². The average molecular weight is 541 g/mol. The summed E-state index contributed by atoms with van der Waals surface area (Å²) in [7, 11) is 0. The number of cyclic esters (lactones) is 2. The van der Waals surface area contributed by atoms with Gasteiger partial charge in [0.25, 0.3) is 0 Å². The van der Waals surface area contributed by atoms with Crippen molar-refractivity contribution in [3.05, 3.63) is 70.2 Å². The Balaban J connectivity index is 1.33. The number of rotatable bonds is 6. The molecule has 8 rings (SSSR count). The van der Waals surface area contributed by atoms with Gasteiger partial charge in [-0.05, 0) is 98.1 Å². The predicted octanol–water partition coefficient (Wildman–Crippen LogP) is 7.92. The largest absolute Gasteiger partial charge is 0.508 e. The number of carbonyl (C=O) groups is 2. The van der Waals surface area contributed by atoms with Crippen molar-refractivity contribution in [3.63, 3.8) is 0 Å². The molecule has 210 valence electrons. The normalized spacial score (nSPS) is 33.4. The second-order valence-electron chi connectivity index (χ2n) is 12.8. The smallest absolute Gasteiger partial charge is 0.340 e. The fourth-order valence-electron chi connectivity index (χ4n) is 9.15. The van der Waals surface area contributed by atoms with Crippen LogP contribution < -0.4 is 0 Å². The van der Waals surface area contributed by atoms with E-state index in [4.69, 9.17) is 9.47 Å². The van der Waals surface area contributed by atoms with Crippen LogP contribution in [0.3, 0.4) is 0 Å². The molecule has 5 heteroatoms. The SMILES string of the molecule is CCCC=C1OC(=O)C2=C(c3cccc(O)c3)[C@@H]3CC[C@]12[C@H]1C2=C(CC[C@H]31)C(=CCCC1CCCCC1)OC2=O. The van der Waals surface area contributed by atoms with Gasteiger partial charge >= 0.3 is 11.9 Å². The number of ether oxygens (including phenoxy) is 2. The molecule has 3 fully saturated rings. The Bertz CT molecular complexity index is 1370. The summed E-state index contributed by atoms with van der Waals surface area (Å²) in [4.78, 5) is 27.4. The van der Waals surface area contributed by atoms with Crippen molar-refractivity contribution in [2.75, 3.05) is 0 Å². The number of hydrogen-bond acceptors (Lipinski definition) is 5. The molecule has 4 atom stereocenters. The van der Waals surface area contributed by atoms with Gasteiger partial charge in [0.1, 0.15) is 17.3 Å². The average Bonchev–Trinajstić information content (AvgIpc) is 3.45. The second-order valence-corrected chi connectivity index (χ2v) is 12.8. The van der Waals surface area contributed by atoms with Crippen LogP contribution in [0.25, 0.3) is 5.57 Å². The molecular formula is C35H40O5. The van der Waals surface area contributed by atoms with Crippen LogP contribution in [0.2, 0.25) is 0 Å². The second kappa shape index (κ2) is 10.1. The number of fused-ring (bicyclic) bond motifs is 1. The Hall–Kier alpha value is -3.08. The molecule has 1 aromatic rings. The molecule has 7 aliphatic rings. The van der Waals surface area contributed by atoms with Gasteiger partial charge in [0.15, 0.2) is 0 Å². The molecule has 5 nitrogen and oxygen atoms in total. The minimum absolute atomic E-state index is 0.114. The van der Waals surface area contributed by atoms with E-state index in [1.54, 1.807) is 12.1 Å². The lowest BCUT2D eigenvalue weighted by Gasteiger charge is -2.56. The highest BCUT2D eigenvalue weighted by Gasteiger charge is 2.68. The Morgan fingerprint density at radius 2 is 1.82 bits per heavy atom. The number of phenolic OH excluding ortho intramolecular Hbond substituents is 1. The lowest BCUT2D eigenvalue weighted by molar-refractivity contribution is -0.135. The summed E-state index contributed by atoms with van der Waals surface area (Å²) >= 11 is 0. The fraction of sp³-hybridized carbons (Fsp3) is 0.543. The quantitative estimate of drug-likeness (QED) is 0.371. The van der Waals surface area contributed by atoms with Crippen LogP contribution in [-0.4, -0.2) is 17.0 Å². The highest BCUT2D eigenvalue weighted by Crippen LogP contribution is 2.71. The van der Waals surface area contributed by atoms with E-state index >= 15 is 0 Å². The zero-order valence-corrected chi connectivity index (χ0v) is 23.5. The summed E-state index contributed by atoms with van der Waals surface area (Å²) in [5.41, 5.74) is 3.86. The number of hydrogen-bond donors (Lipinski definition) is 1. The summed E-state index contributed by atoms with van der Waals surface area (Å²) < 4.78 is 12.1. The third-order valence-electron chi connectivity index (χ3n) is 10.7. The molecule has 0 amide bonds. The molecule has 2 aliphatic heterocycles. The van der Waals surface area contributed by atoms with Gasteiger partial charge in [-0.3, -0.25) is 0 Å². The van der Waals surface area contributed by atoms with Crippen LogP contribution in [0.5, 0.6) is 5.75 Å². The number of allylic oxidation sites excluding steroid dienone is 5. The van der Waals surface area contributed by atoms with Gasteiger partial charge in [-0.15, -0.1) is 0 Å². The predicted molar refractivity (Wildman–Crippen MR) is 152 cm³/mol. The van der Waals surface area contributed by atoms with E-state index in [1.807, 2.05) is 12.1 Å². The number of carbonyl (C=O) groups excluding carboxylic acids is 2. The van der Waals surface area contributed by atoms with Crippen molar-refractivity contribution < 1.29 is 24.2 Å². The van der Waals surface area contributed by atoms with E-state index in [1.165, 1.54) is 32.1 Å². The van der Waals surface area contributed by atoms with Gasteiger partial charge < -0.3 is 14.6 Å². The monoisotopic (exact) mass is 540 g/mol. The molecular weight excluding hydrogens is 500 g/mol. The van der Waals surface area contributed by atoms with Crippen LogP contribution in [0.4, 0.5) is 0 Å². The Kier molecular flexibility index (Phi) is 6.52. The first-order chi connectivity index (χ1) is 19.5. The van der Waals surface area contributed by atoms with Crippen LogP contribution in [-0.2, 0) is 19.1 Å². The van der Waals surface area contributed by atoms with Gasteiger partial charge in [0.2, 0.25) is 0 Å².